The molecule has 0 saturated carbocycles. The Kier molecular flexibility index (Phi) is 5.57. The molecule has 1 atom stereocenters. The third-order valence-corrected chi connectivity index (χ3v) is 4.89. The Morgan fingerprint density at radius 2 is 1.96 bits per heavy atom. The van der Waals surface area contributed by atoms with Gasteiger partial charge in [0, 0.05) is 24.2 Å². The van der Waals surface area contributed by atoms with Gasteiger partial charge in [-0.1, -0.05) is 25.1 Å². The molecule has 1 N–H and O–H groups in total. The zero-order chi connectivity index (χ0) is 18.6. The summed E-state index contributed by atoms with van der Waals surface area (Å²) in [6.07, 6.45) is 1.09. The van der Waals surface area contributed by atoms with Gasteiger partial charge in [0.05, 0.1) is 0 Å². The lowest BCUT2D eigenvalue weighted by atomic mass is 9.90. The molecule has 138 valence electrons. The summed E-state index contributed by atoms with van der Waals surface area (Å²) in [6.45, 7) is 5.10. The van der Waals surface area contributed by atoms with E-state index in [2.05, 4.69) is 24.2 Å². The number of halogens is 1. The van der Waals surface area contributed by atoms with E-state index in [4.69, 9.17) is 4.74 Å². The standard InChI is InChI=1S/C21H25FN2O2/c1-21(11-12-24(2)15-21)14-23-20(25)16-7-9-18(10-8-16)26-13-17-5-3-4-6-19(17)22/h3-10H,11-15H2,1-2H3,(H,23,25). The predicted octanol–water partition coefficient (Wildman–Crippen LogP) is 3.48. The third kappa shape index (κ3) is 4.61. The van der Waals surface area contributed by atoms with E-state index in [0.717, 1.165) is 19.5 Å². The summed E-state index contributed by atoms with van der Waals surface area (Å²) in [5, 5.41) is 3.03. The molecule has 1 unspecified atom stereocenters. The first-order valence-electron chi connectivity index (χ1n) is 8.88. The van der Waals surface area contributed by atoms with Gasteiger partial charge in [0.2, 0.25) is 0 Å². The number of benzene rings is 2. The van der Waals surface area contributed by atoms with Crippen LogP contribution in [0, 0.1) is 11.2 Å². The molecule has 1 aliphatic rings. The summed E-state index contributed by atoms with van der Waals surface area (Å²) < 4.78 is 19.2. The molecule has 1 amide bonds. The van der Waals surface area contributed by atoms with Crippen LogP contribution >= 0.6 is 0 Å². The van der Waals surface area contributed by atoms with Crippen LogP contribution in [0.2, 0.25) is 0 Å². The molecule has 1 fully saturated rings. The number of rotatable bonds is 6. The molecule has 5 heteroatoms. The maximum atomic E-state index is 13.6. The molecule has 0 aromatic heterocycles. The minimum absolute atomic E-state index is 0.0820. The van der Waals surface area contributed by atoms with Crippen LogP contribution in [0.4, 0.5) is 4.39 Å². The second kappa shape index (κ2) is 7.87. The van der Waals surface area contributed by atoms with Crippen molar-refractivity contribution in [1.29, 1.82) is 0 Å². The minimum Gasteiger partial charge on any atom is -0.489 e. The molecule has 26 heavy (non-hydrogen) atoms. The van der Waals surface area contributed by atoms with E-state index in [1.807, 2.05) is 0 Å². The monoisotopic (exact) mass is 356 g/mol. The minimum atomic E-state index is -0.283. The second-order valence-corrected chi connectivity index (χ2v) is 7.39. The van der Waals surface area contributed by atoms with Crippen molar-refractivity contribution in [3.05, 3.63) is 65.5 Å². The average molecular weight is 356 g/mol. The molecule has 1 aliphatic heterocycles. The normalized spacial score (nSPS) is 20.1. The lowest BCUT2D eigenvalue weighted by molar-refractivity contribution is 0.0935. The Morgan fingerprint density at radius 1 is 1.23 bits per heavy atom. The third-order valence-electron chi connectivity index (χ3n) is 4.89. The van der Waals surface area contributed by atoms with E-state index < -0.39 is 0 Å². The number of ether oxygens (including phenoxy) is 1. The maximum Gasteiger partial charge on any atom is 0.251 e. The van der Waals surface area contributed by atoms with Gasteiger partial charge in [-0.2, -0.15) is 0 Å². The molecule has 0 radical (unpaired) electrons. The zero-order valence-corrected chi connectivity index (χ0v) is 15.3. The van der Waals surface area contributed by atoms with Gasteiger partial charge in [-0.3, -0.25) is 4.79 Å². The number of hydrogen-bond acceptors (Lipinski definition) is 3. The van der Waals surface area contributed by atoms with Gasteiger partial charge >= 0.3 is 0 Å². The van der Waals surface area contributed by atoms with Crippen LogP contribution in [0.25, 0.3) is 0 Å². The van der Waals surface area contributed by atoms with Crippen LogP contribution in [0.5, 0.6) is 5.75 Å². The lowest BCUT2D eigenvalue weighted by Crippen LogP contribution is -2.37. The van der Waals surface area contributed by atoms with Gasteiger partial charge in [0.15, 0.2) is 0 Å². The fourth-order valence-electron chi connectivity index (χ4n) is 3.29. The highest BCUT2D eigenvalue weighted by Gasteiger charge is 2.32. The van der Waals surface area contributed by atoms with Crippen molar-refractivity contribution < 1.29 is 13.9 Å². The van der Waals surface area contributed by atoms with Crippen molar-refractivity contribution in [2.45, 2.75) is 20.0 Å². The van der Waals surface area contributed by atoms with Crippen LogP contribution in [-0.4, -0.2) is 37.5 Å². The SMILES string of the molecule is CN1CCC(C)(CNC(=O)c2ccc(OCc3ccccc3F)cc2)C1. The number of carbonyl (C=O) groups is 1. The van der Waals surface area contributed by atoms with Crippen molar-refractivity contribution in [3.63, 3.8) is 0 Å². The molecular formula is C21H25FN2O2. The van der Waals surface area contributed by atoms with Crippen molar-refractivity contribution in [2.24, 2.45) is 5.41 Å². The number of hydrogen-bond donors (Lipinski definition) is 1. The lowest BCUT2D eigenvalue weighted by Gasteiger charge is -2.24. The number of amides is 1. The first-order valence-corrected chi connectivity index (χ1v) is 8.88. The molecule has 1 saturated heterocycles. The summed E-state index contributed by atoms with van der Waals surface area (Å²) in [6, 6.07) is 13.5. The summed E-state index contributed by atoms with van der Waals surface area (Å²) in [4.78, 5) is 14.6. The van der Waals surface area contributed by atoms with Gasteiger partial charge in [0.1, 0.15) is 18.2 Å². The highest BCUT2D eigenvalue weighted by molar-refractivity contribution is 5.94. The number of nitrogens with one attached hydrogen (secondary N) is 1. The van der Waals surface area contributed by atoms with Crippen LogP contribution in [-0.2, 0) is 6.61 Å². The number of likely N-dealkylation sites (tertiary alicyclic amines) is 1. The van der Waals surface area contributed by atoms with E-state index in [1.165, 1.54) is 6.07 Å². The van der Waals surface area contributed by atoms with E-state index >= 15 is 0 Å². The summed E-state index contributed by atoms with van der Waals surface area (Å²) >= 11 is 0. The quantitative estimate of drug-likeness (QED) is 0.862. The second-order valence-electron chi connectivity index (χ2n) is 7.39. The van der Waals surface area contributed by atoms with Crippen molar-refractivity contribution in [3.8, 4) is 5.75 Å². The maximum absolute atomic E-state index is 13.6. The molecule has 4 nitrogen and oxygen atoms in total. The fraction of sp³-hybridized carbons (Fsp3) is 0.381. The Hall–Kier alpha value is -2.40. The highest BCUT2D eigenvalue weighted by atomic mass is 19.1. The van der Waals surface area contributed by atoms with E-state index in [-0.39, 0.29) is 23.7 Å². The van der Waals surface area contributed by atoms with Gasteiger partial charge in [-0.25, -0.2) is 4.39 Å². The number of carbonyl (C=O) groups excluding carboxylic acids is 1. The molecule has 1 heterocycles. The van der Waals surface area contributed by atoms with Crippen LogP contribution < -0.4 is 10.1 Å². The van der Waals surface area contributed by atoms with Crippen LogP contribution in [0.1, 0.15) is 29.3 Å². The largest absolute Gasteiger partial charge is 0.489 e. The predicted molar refractivity (Wildman–Crippen MR) is 99.7 cm³/mol. The number of nitrogens with zero attached hydrogens (tertiary/aromatic N) is 1. The smallest absolute Gasteiger partial charge is 0.251 e. The Morgan fingerprint density at radius 3 is 2.62 bits per heavy atom. The summed E-state index contributed by atoms with van der Waals surface area (Å²) in [7, 11) is 2.10. The molecule has 0 aliphatic carbocycles. The molecule has 3 rings (SSSR count). The Balaban J connectivity index is 1.52. The topological polar surface area (TPSA) is 41.6 Å². The highest BCUT2D eigenvalue weighted by Crippen LogP contribution is 2.28. The van der Waals surface area contributed by atoms with Crippen molar-refractivity contribution in [2.75, 3.05) is 26.7 Å². The zero-order valence-electron chi connectivity index (χ0n) is 15.3. The van der Waals surface area contributed by atoms with Crippen LogP contribution in [0.15, 0.2) is 48.5 Å². The first-order chi connectivity index (χ1) is 12.5. The summed E-state index contributed by atoms with van der Waals surface area (Å²) in [5.74, 6) is 0.241. The molecule has 0 spiro atoms. The molecule has 2 aromatic carbocycles. The molecule has 0 bridgehead atoms. The van der Waals surface area contributed by atoms with Gasteiger partial charge in [-0.05, 0) is 55.8 Å². The fourth-order valence-corrected chi connectivity index (χ4v) is 3.29. The van der Waals surface area contributed by atoms with E-state index in [0.29, 0.717) is 23.4 Å². The van der Waals surface area contributed by atoms with Gasteiger partial charge in [0.25, 0.3) is 5.91 Å². The van der Waals surface area contributed by atoms with Crippen molar-refractivity contribution >= 4 is 5.91 Å². The Bertz CT molecular complexity index is 763. The Labute approximate surface area is 154 Å². The van der Waals surface area contributed by atoms with Gasteiger partial charge < -0.3 is 15.0 Å². The van der Waals surface area contributed by atoms with E-state index in [1.54, 1.807) is 42.5 Å². The van der Waals surface area contributed by atoms with Crippen molar-refractivity contribution in [1.82, 2.24) is 10.2 Å². The van der Waals surface area contributed by atoms with E-state index in [9.17, 15) is 9.18 Å². The summed E-state index contributed by atoms with van der Waals surface area (Å²) in [5.41, 5.74) is 1.23. The molecule has 2 aromatic rings. The average Bonchev–Trinajstić information content (AvgIpc) is 2.99. The van der Waals surface area contributed by atoms with Gasteiger partial charge in [-0.15, -0.1) is 0 Å². The van der Waals surface area contributed by atoms with Crippen LogP contribution in [0.3, 0.4) is 0 Å². The molecular weight excluding hydrogens is 331 g/mol. The first kappa shape index (κ1) is 18.4.